The first-order chi connectivity index (χ1) is 18.6. The molecular formula is C24H23ClF3N7O4. The first kappa shape index (κ1) is 27.9. The average molecular weight is 566 g/mol. The number of nitrogens with one attached hydrogen (secondary N) is 3. The Balaban J connectivity index is 1.49. The molecule has 1 unspecified atom stereocenters. The van der Waals surface area contributed by atoms with Gasteiger partial charge in [0.25, 0.3) is 0 Å². The second-order valence-electron chi connectivity index (χ2n) is 8.51. The lowest BCUT2D eigenvalue weighted by atomic mass is 10.0. The van der Waals surface area contributed by atoms with Crippen LogP contribution in [0, 0.1) is 17.5 Å². The Kier molecular flexibility index (Phi) is 8.38. The van der Waals surface area contributed by atoms with E-state index in [4.69, 9.17) is 21.2 Å². The highest BCUT2D eigenvalue weighted by atomic mass is 35.5. The van der Waals surface area contributed by atoms with E-state index < -0.39 is 41.7 Å². The van der Waals surface area contributed by atoms with Gasteiger partial charge in [0, 0.05) is 41.6 Å². The molecule has 3 amide bonds. The SMILES string of the molecule is COC1C=C(C(=O)NN(C(=O)NCc2ncc(-c3cc(Cl)cc(F)c3-n3cc(F)cn3)cc2F)C(C)C)ON1. The summed E-state index contributed by atoms with van der Waals surface area (Å²) in [7, 11) is 1.42. The van der Waals surface area contributed by atoms with Gasteiger partial charge >= 0.3 is 11.9 Å². The molecule has 1 atom stereocenters. The van der Waals surface area contributed by atoms with Crippen molar-refractivity contribution in [3.05, 3.63) is 76.8 Å². The van der Waals surface area contributed by atoms with Crippen molar-refractivity contribution >= 4 is 23.5 Å². The Bertz CT molecular complexity index is 1430. The van der Waals surface area contributed by atoms with Crippen molar-refractivity contribution in [3.8, 4) is 16.8 Å². The van der Waals surface area contributed by atoms with E-state index in [1.54, 1.807) is 13.8 Å². The van der Waals surface area contributed by atoms with Crippen molar-refractivity contribution < 1.29 is 32.3 Å². The predicted octanol–water partition coefficient (Wildman–Crippen LogP) is 3.35. The van der Waals surface area contributed by atoms with Gasteiger partial charge < -0.3 is 14.9 Å². The van der Waals surface area contributed by atoms with Gasteiger partial charge in [-0.25, -0.2) is 27.7 Å². The summed E-state index contributed by atoms with van der Waals surface area (Å²) in [5.41, 5.74) is 4.85. The minimum Gasteiger partial charge on any atom is -0.400 e. The zero-order valence-corrected chi connectivity index (χ0v) is 21.6. The summed E-state index contributed by atoms with van der Waals surface area (Å²) in [5.74, 6) is -3.12. The molecule has 0 saturated carbocycles. The van der Waals surface area contributed by atoms with E-state index in [0.717, 1.165) is 34.2 Å². The minimum atomic E-state index is -0.813. The molecule has 4 rings (SSSR count). The fraction of sp³-hybridized carbons (Fsp3) is 0.250. The maximum absolute atomic E-state index is 15.0. The van der Waals surface area contributed by atoms with Crippen LogP contribution in [0.25, 0.3) is 16.8 Å². The molecule has 1 aliphatic rings. The van der Waals surface area contributed by atoms with Crippen molar-refractivity contribution in [2.24, 2.45) is 0 Å². The van der Waals surface area contributed by atoms with Crippen LogP contribution in [0.2, 0.25) is 5.02 Å². The number of hydroxylamine groups is 1. The molecule has 3 heterocycles. The van der Waals surface area contributed by atoms with E-state index in [-0.39, 0.29) is 39.8 Å². The summed E-state index contributed by atoms with van der Waals surface area (Å²) in [6.07, 6.45) is 3.88. The molecule has 3 aromatic rings. The molecule has 0 bridgehead atoms. The molecule has 206 valence electrons. The number of halogens is 4. The van der Waals surface area contributed by atoms with Crippen LogP contribution in [0.4, 0.5) is 18.0 Å². The number of methoxy groups -OCH3 is 1. The van der Waals surface area contributed by atoms with E-state index in [1.165, 1.54) is 25.4 Å². The maximum atomic E-state index is 15.0. The van der Waals surface area contributed by atoms with Crippen LogP contribution in [0.5, 0.6) is 0 Å². The van der Waals surface area contributed by atoms with Crippen LogP contribution >= 0.6 is 11.6 Å². The van der Waals surface area contributed by atoms with Gasteiger partial charge in [0.1, 0.15) is 11.5 Å². The number of carbonyl (C=O) groups is 2. The highest BCUT2D eigenvalue weighted by molar-refractivity contribution is 6.31. The standard InChI is InChI=1S/C24H23ClF3N7O4/c1-12(2)35(32-23(36)20-7-21(38-3)33-39-20)24(37)30-10-19-17(27)4-13(8-29-19)16-5-14(25)6-18(28)22(16)34-11-15(26)9-31-34/h4-9,11-12,21,33H,10H2,1-3H3,(H,30,37)(H,32,36). The number of rotatable bonds is 7. The number of hydrogen-bond donors (Lipinski definition) is 3. The van der Waals surface area contributed by atoms with Crippen LogP contribution in [0.1, 0.15) is 19.5 Å². The highest BCUT2D eigenvalue weighted by Crippen LogP contribution is 2.32. The van der Waals surface area contributed by atoms with Gasteiger partial charge in [0.05, 0.1) is 24.6 Å². The van der Waals surface area contributed by atoms with Crippen molar-refractivity contribution in [2.45, 2.75) is 32.7 Å². The monoisotopic (exact) mass is 565 g/mol. The number of nitrogens with zero attached hydrogens (tertiary/aromatic N) is 4. The van der Waals surface area contributed by atoms with Crippen LogP contribution in [-0.4, -0.2) is 51.1 Å². The van der Waals surface area contributed by atoms with Crippen molar-refractivity contribution in [3.63, 3.8) is 0 Å². The number of pyridine rings is 1. The largest absolute Gasteiger partial charge is 0.400 e. The summed E-state index contributed by atoms with van der Waals surface area (Å²) < 4.78 is 49.3. The molecule has 0 spiro atoms. The quantitative estimate of drug-likeness (QED) is 0.376. The Hall–Kier alpha value is -4.14. The van der Waals surface area contributed by atoms with E-state index in [2.05, 4.69) is 26.3 Å². The number of aromatic nitrogens is 3. The second kappa shape index (κ2) is 11.7. The zero-order valence-electron chi connectivity index (χ0n) is 20.8. The van der Waals surface area contributed by atoms with Crippen LogP contribution < -0.4 is 16.2 Å². The molecule has 39 heavy (non-hydrogen) atoms. The van der Waals surface area contributed by atoms with Gasteiger partial charge in [-0.2, -0.15) is 5.10 Å². The van der Waals surface area contributed by atoms with Crippen molar-refractivity contribution in [2.75, 3.05) is 7.11 Å². The Labute approximate surface area is 225 Å². The Morgan fingerprint density at radius 1 is 1.23 bits per heavy atom. The summed E-state index contributed by atoms with van der Waals surface area (Å²) in [5, 5.41) is 7.29. The fourth-order valence-electron chi connectivity index (χ4n) is 3.57. The molecule has 1 aromatic carbocycles. The van der Waals surface area contributed by atoms with Gasteiger partial charge in [0.2, 0.25) is 5.76 Å². The predicted molar refractivity (Wildman–Crippen MR) is 132 cm³/mol. The smallest absolute Gasteiger partial charge is 0.336 e. The van der Waals surface area contributed by atoms with Gasteiger partial charge in [0.15, 0.2) is 17.9 Å². The molecule has 3 N–H and O–H groups in total. The van der Waals surface area contributed by atoms with Crippen molar-refractivity contribution in [1.82, 2.24) is 36.0 Å². The molecule has 11 nitrogen and oxygen atoms in total. The Morgan fingerprint density at radius 3 is 2.62 bits per heavy atom. The number of ether oxygens (including phenoxy) is 1. The number of urea groups is 1. The third-order valence-electron chi connectivity index (χ3n) is 5.47. The number of hydrazine groups is 1. The first-order valence-electron chi connectivity index (χ1n) is 11.5. The third-order valence-corrected chi connectivity index (χ3v) is 5.68. The van der Waals surface area contributed by atoms with Gasteiger partial charge in [-0.3, -0.25) is 15.2 Å². The minimum absolute atomic E-state index is 0.0266. The Morgan fingerprint density at radius 2 is 2.00 bits per heavy atom. The van der Waals surface area contributed by atoms with E-state index in [1.807, 2.05) is 0 Å². The maximum Gasteiger partial charge on any atom is 0.336 e. The topological polar surface area (TPSA) is 123 Å². The molecule has 0 saturated heterocycles. The molecule has 0 aliphatic carbocycles. The third kappa shape index (κ3) is 6.30. The average Bonchev–Trinajstić information content (AvgIpc) is 3.54. The van der Waals surface area contributed by atoms with E-state index >= 15 is 4.39 Å². The number of benzene rings is 1. The summed E-state index contributed by atoms with van der Waals surface area (Å²) in [4.78, 5) is 34.3. The molecule has 2 aromatic heterocycles. The second-order valence-corrected chi connectivity index (χ2v) is 8.95. The molecule has 15 heteroatoms. The number of hydrogen-bond acceptors (Lipinski definition) is 7. The lowest BCUT2D eigenvalue weighted by Crippen LogP contribution is -2.54. The lowest BCUT2D eigenvalue weighted by molar-refractivity contribution is -0.126. The normalized spacial score (nSPS) is 14.7. The number of amides is 3. The van der Waals surface area contributed by atoms with Crippen LogP contribution in [0.15, 0.2) is 48.6 Å². The highest BCUT2D eigenvalue weighted by Gasteiger charge is 2.27. The summed E-state index contributed by atoms with van der Waals surface area (Å²) >= 11 is 6.01. The first-order valence-corrected chi connectivity index (χ1v) is 11.8. The molecular weight excluding hydrogens is 543 g/mol. The van der Waals surface area contributed by atoms with Gasteiger partial charge in [-0.05, 0) is 32.0 Å². The molecule has 0 radical (unpaired) electrons. The van der Waals surface area contributed by atoms with E-state index in [9.17, 15) is 18.4 Å². The zero-order chi connectivity index (χ0) is 28.3. The van der Waals surface area contributed by atoms with Crippen molar-refractivity contribution in [1.29, 1.82) is 0 Å². The molecule has 0 fully saturated rings. The number of carbonyl (C=O) groups excluding carboxylic acids is 2. The van der Waals surface area contributed by atoms with Gasteiger partial charge in [-0.1, -0.05) is 11.6 Å². The molecule has 1 aliphatic heterocycles. The van der Waals surface area contributed by atoms with E-state index in [0.29, 0.717) is 0 Å². The van der Waals surface area contributed by atoms with Crippen LogP contribution in [-0.2, 0) is 20.9 Å². The fourth-order valence-corrected chi connectivity index (χ4v) is 3.78. The summed E-state index contributed by atoms with van der Waals surface area (Å²) in [6.45, 7) is 2.97. The summed E-state index contributed by atoms with van der Waals surface area (Å²) in [6, 6.07) is 2.25. The lowest BCUT2D eigenvalue weighted by Gasteiger charge is -2.27. The van der Waals surface area contributed by atoms with Gasteiger partial charge in [-0.15, -0.1) is 5.48 Å². The van der Waals surface area contributed by atoms with Crippen LogP contribution in [0.3, 0.4) is 0 Å².